The van der Waals surface area contributed by atoms with Gasteiger partial charge in [0.1, 0.15) is 0 Å². The maximum atomic E-state index is 8.06. The van der Waals surface area contributed by atoms with E-state index in [0.29, 0.717) is 12.0 Å². The van der Waals surface area contributed by atoms with Gasteiger partial charge in [-0.3, -0.25) is 5.41 Å². The van der Waals surface area contributed by atoms with Crippen LogP contribution < -0.4 is 0 Å². The van der Waals surface area contributed by atoms with Crippen molar-refractivity contribution in [3.05, 3.63) is 0 Å². The number of nitrogens with one attached hydrogen (secondary N) is 1. The third kappa shape index (κ3) is 2.49. The lowest BCUT2D eigenvalue weighted by Crippen LogP contribution is -2.46. The number of rotatable bonds is 2. The summed E-state index contributed by atoms with van der Waals surface area (Å²) in [6.45, 7) is 9.85. The first-order valence-corrected chi connectivity index (χ1v) is 5.91. The third-order valence-corrected chi connectivity index (χ3v) is 3.41. The average Bonchev–Trinajstić information content (AvgIpc) is 2.17. The molecular formula is C12H24N2. The number of amidine groups is 1. The van der Waals surface area contributed by atoms with E-state index in [2.05, 4.69) is 32.6 Å². The molecule has 2 nitrogen and oxygen atoms in total. The largest absolute Gasteiger partial charge is 0.357 e. The van der Waals surface area contributed by atoms with Crippen LogP contribution in [-0.2, 0) is 0 Å². The van der Waals surface area contributed by atoms with Crippen molar-refractivity contribution >= 4 is 5.84 Å². The van der Waals surface area contributed by atoms with Gasteiger partial charge in [-0.1, -0.05) is 27.2 Å². The Morgan fingerprint density at radius 2 is 2.07 bits per heavy atom. The highest BCUT2D eigenvalue weighted by atomic mass is 15.2. The van der Waals surface area contributed by atoms with Crippen LogP contribution in [0.1, 0.15) is 47.0 Å². The summed E-state index contributed by atoms with van der Waals surface area (Å²) in [7, 11) is 0. The van der Waals surface area contributed by atoms with E-state index in [1.54, 1.807) is 0 Å². The van der Waals surface area contributed by atoms with Gasteiger partial charge in [0, 0.05) is 18.5 Å². The zero-order valence-corrected chi connectivity index (χ0v) is 10.0. The predicted octanol–water partition coefficient (Wildman–Crippen LogP) is 3.13. The number of nitrogens with zero attached hydrogens (tertiary/aromatic N) is 1. The molecule has 0 aromatic rings. The Labute approximate surface area is 88.2 Å². The second kappa shape index (κ2) is 4.81. The van der Waals surface area contributed by atoms with Crippen LogP contribution in [-0.4, -0.2) is 23.3 Å². The molecule has 14 heavy (non-hydrogen) atoms. The van der Waals surface area contributed by atoms with Gasteiger partial charge in [0.15, 0.2) is 0 Å². The molecule has 1 aliphatic heterocycles. The van der Waals surface area contributed by atoms with E-state index in [0.717, 1.165) is 18.3 Å². The van der Waals surface area contributed by atoms with E-state index in [1.807, 2.05) is 0 Å². The molecule has 0 amide bonds. The lowest BCUT2D eigenvalue weighted by atomic mass is 9.90. The number of hydrogen-bond donors (Lipinski definition) is 1. The normalized spacial score (nSPS) is 28.2. The van der Waals surface area contributed by atoms with Crippen molar-refractivity contribution in [1.29, 1.82) is 5.41 Å². The minimum Gasteiger partial charge on any atom is -0.357 e. The van der Waals surface area contributed by atoms with E-state index in [4.69, 9.17) is 5.41 Å². The van der Waals surface area contributed by atoms with Gasteiger partial charge in [-0.2, -0.15) is 0 Å². The summed E-state index contributed by atoms with van der Waals surface area (Å²) in [4.78, 5) is 2.31. The van der Waals surface area contributed by atoms with E-state index in [-0.39, 0.29) is 0 Å². The smallest absolute Gasteiger partial charge is 0.0986 e. The van der Waals surface area contributed by atoms with Gasteiger partial charge in [-0.05, 0) is 25.7 Å². The van der Waals surface area contributed by atoms with Crippen molar-refractivity contribution in [2.45, 2.75) is 53.0 Å². The minimum atomic E-state index is 0.369. The minimum absolute atomic E-state index is 0.369. The van der Waals surface area contributed by atoms with Gasteiger partial charge in [0.2, 0.25) is 0 Å². The summed E-state index contributed by atoms with van der Waals surface area (Å²) in [5.41, 5.74) is 0. The third-order valence-electron chi connectivity index (χ3n) is 3.41. The Morgan fingerprint density at radius 3 is 2.57 bits per heavy atom. The van der Waals surface area contributed by atoms with Crippen molar-refractivity contribution < 1.29 is 0 Å². The zero-order chi connectivity index (χ0) is 10.7. The molecule has 1 N–H and O–H groups in total. The molecule has 2 atom stereocenters. The van der Waals surface area contributed by atoms with Crippen molar-refractivity contribution in [3.8, 4) is 0 Å². The molecule has 1 heterocycles. The van der Waals surface area contributed by atoms with Crippen LogP contribution in [0.15, 0.2) is 0 Å². The van der Waals surface area contributed by atoms with Gasteiger partial charge < -0.3 is 4.90 Å². The van der Waals surface area contributed by atoms with E-state index < -0.39 is 0 Å². The van der Waals surface area contributed by atoms with Crippen molar-refractivity contribution in [2.24, 2.45) is 11.8 Å². The Kier molecular flexibility index (Phi) is 3.97. The van der Waals surface area contributed by atoms with Crippen LogP contribution in [0, 0.1) is 17.2 Å². The molecule has 0 spiro atoms. The summed E-state index contributed by atoms with van der Waals surface area (Å²) < 4.78 is 0. The monoisotopic (exact) mass is 196 g/mol. The van der Waals surface area contributed by atoms with Gasteiger partial charge >= 0.3 is 0 Å². The Morgan fingerprint density at radius 1 is 1.43 bits per heavy atom. The Bertz CT molecular complexity index is 198. The molecule has 0 aromatic carbocycles. The maximum Gasteiger partial charge on any atom is 0.0986 e. The second-order valence-corrected chi connectivity index (χ2v) is 4.89. The van der Waals surface area contributed by atoms with E-state index in [9.17, 15) is 0 Å². The van der Waals surface area contributed by atoms with Crippen LogP contribution in [0.4, 0.5) is 0 Å². The fourth-order valence-corrected chi connectivity index (χ4v) is 2.18. The van der Waals surface area contributed by atoms with Crippen molar-refractivity contribution in [2.75, 3.05) is 6.54 Å². The van der Waals surface area contributed by atoms with Gasteiger partial charge in [0.05, 0.1) is 5.84 Å². The maximum absolute atomic E-state index is 8.06. The van der Waals surface area contributed by atoms with Crippen LogP contribution in [0.2, 0.25) is 0 Å². The summed E-state index contributed by atoms with van der Waals surface area (Å²) in [5, 5.41) is 8.06. The molecular weight excluding hydrogens is 172 g/mol. The first-order valence-electron chi connectivity index (χ1n) is 5.91. The highest BCUT2D eigenvalue weighted by Crippen LogP contribution is 2.25. The second-order valence-electron chi connectivity index (χ2n) is 4.89. The standard InChI is InChI=1S/C12H24N2/c1-5-11-7-6-10(4)14(8-11)12(13)9(2)3/h9-11,13H,5-8H2,1-4H3/t10-,11+/m0/s1. The predicted molar refractivity (Wildman–Crippen MR) is 61.7 cm³/mol. The van der Waals surface area contributed by atoms with Crippen LogP contribution >= 0.6 is 0 Å². The molecule has 0 aromatic heterocycles. The zero-order valence-electron chi connectivity index (χ0n) is 10.0. The average molecular weight is 196 g/mol. The summed E-state index contributed by atoms with van der Waals surface area (Å²) in [6, 6.07) is 0.577. The summed E-state index contributed by atoms with van der Waals surface area (Å²) in [5.74, 6) is 2.01. The van der Waals surface area contributed by atoms with Crippen molar-refractivity contribution in [1.82, 2.24) is 4.90 Å². The molecule has 0 aliphatic carbocycles. The Hall–Kier alpha value is -0.530. The van der Waals surface area contributed by atoms with E-state index >= 15 is 0 Å². The molecule has 1 aliphatic rings. The fraction of sp³-hybridized carbons (Fsp3) is 0.917. The summed E-state index contributed by atoms with van der Waals surface area (Å²) >= 11 is 0. The summed E-state index contributed by atoms with van der Waals surface area (Å²) in [6.07, 6.45) is 3.86. The first kappa shape index (κ1) is 11.5. The Balaban J connectivity index is 2.60. The topological polar surface area (TPSA) is 27.1 Å². The van der Waals surface area contributed by atoms with Gasteiger partial charge in [-0.15, -0.1) is 0 Å². The van der Waals surface area contributed by atoms with Crippen LogP contribution in [0.25, 0.3) is 0 Å². The molecule has 0 bridgehead atoms. The molecule has 82 valence electrons. The van der Waals surface area contributed by atoms with E-state index in [1.165, 1.54) is 19.3 Å². The quantitative estimate of drug-likeness (QED) is 0.533. The van der Waals surface area contributed by atoms with Gasteiger partial charge in [-0.25, -0.2) is 0 Å². The highest BCUT2D eigenvalue weighted by Gasteiger charge is 2.26. The lowest BCUT2D eigenvalue weighted by molar-refractivity contribution is 0.185. The first-order chi connectivity index (χ1) is 6.56. The molecule has 0 saturated carbocycles. The SMILES string of the molecule is CC[C@@H]1CC[C@H](C)N(C(=N)C(C)C)C1. The highest BCUT2D eigenvalue weighted by molar-refractivity contribution is 5.81. The molecule has 1 fully saturated rings. The van der Waals surface area contributed by atoms with Crippen LogP contribution in [0.5, 0.6) is 0 Å². The fourth-order valence-electron chi connectivity index (χ4n) is 2.18. The van der Waals surface area contributed by atoms with Gasteiger partial charge in [0.25, 0.3) is 0 Å². The molecule has 1 rings (SSSR count). The lowest BCUT2D eigenvalue weighted by Gasteiger charge is -2.40. The molecule has 2 heteroatoms. The number of hydrogen-bond acceptors (Lipinski definition) is 1. The van der Waals surface area contributed by atoms with Crippen molar-refractivity contribution in [3.63, 3.8) is 0 Å². The number of likely N-dealkylation sites (tertiary alicyclic amines) is 1. The van der Waals surface area contributed by atoms with Crippen LogP contribution in [0.3, 0.4) is 0 Å². The molecule has 1 saturated heterocycles. The molecule has 0 unspecified atom stereocenters. The molecule has 0 radical (unpaired) electrons. The number of piperidine rings is 1.